The van der Waals surface area contributed by atoms with E-state index in [1.165, 1.54) is 12.0 Å². The third kappa shape index (κ3) is 2.52. The summed E-state index contributed by atoms with van der Waals surface area (Å²) in [5, 5.41) is 2.98. The fourth-order valence-electron chi connectivity index (χ4n) is 2.56. The van der Waals surface area contributed by atoms with E-state index in [2.05, 4.69) is 22.4 Å². The quantitative estimate of drug-likeness (QED) is 0.771. The van der Waals surface area contributed by atoms with E-state index in [0.29, 0.717) is 16.7 Å². The Labute approximate surface area is 122 Å². The average Bonchev–Trinajstić information content (AvgIpc) is 2.89. The first-order chi connectivity index (χ1) is 10.0. The normalized spacial score (nSPS) is 10.8. The maximum Gasteiger partial charge on any atom is 0.255 e. The van der Waals surface area contributed by atoms with E-state index in [9.17, 15) is 4.79 Å². The summed E-state index contributed by atoms with van der Waals surface area (Å²) in [4.78, 5) is 16.5. The molecule has 0 bridgehead atoms. The molecule has 0 aliphatic rings. The number of oxazole rings is 1. The molecule has 0 saturated carbocycles. The van der Waals surface area contributed by atoms with Crippen molar-refractivity contribution in [2.24, 2.45) is 0 Å². The zero-order valence-electron chi connectivity index (χ0n) is 12.2. The molecule has 2 aromatic carbocycles. The number of carbonyl (C=O) groups is 1. The number of rotatable bonds is 2. The monoisotopic (exact) mass is 280 g/mol. The molecule has 0 spiro atoms. The van der Waals surface area contributed by atoms with Crippen molar-refractivity contribution in [3.05, 3.63) is 59.0 Å². The molecule has 3 rings (SSSR count). The highest BCUT2D eigenvalue weighted by molar-refractivity contribution is 6.06. The van der Waals surface area contributed by atoms with Gasteiger partial charge >= 0.3 is 0 Å². The van der Waals surface area contributed by atoms with Crippen LogP contribution in [0.15, 0.2) is 41.1 Å². The first-order valence-electron chi connectivity index (χ1n) is 6.77. The topological polar surface area (TPSA) is 55.1 Å². The lowest BCUT2D eigenvalue weighted by atomic mass is 10.0. The Morgan fingerprint density at radius 1 is 1.10 bits per heavy atom. The second-order valence-corrected chi connectivity index (χ2v) is 5.26. The van der Waals surface area contributed by atoms with Gasteiger partial charge in [-0.2, -0.15) is 0 Å². The second-order valence-electron chi connectivity index (χ2n) is 5.26. The molecular weight excluding hydrogens is 264 g/mol. The molecular formula is C17H16N2O2. The molecule has 0 radical (unpaired) electrons. The first-order valence-corrected chi connectivity index (χ1v) is 6.77. The van der Waals surface area contributed by atoms with Crippen molar-refractivity contribution in [3.8, 4) is 0 Å². The number of anilines is 1. The van der Waals surface area contributed by atoms with Gasteiger partial charge in [0.15, 0.2) is 12.0 Å². The van der Waals surface area contributed by atoms with Crippen LogP contribution in [0.2, 0.25) is 0 Å². The summed E-state index contributed by atoms with van der Waals surface area (Å²) in [5.74, 6) is -0.144. The second kappa shape index (κ2) is 5.05. The molecule has 0 fully saturated rings. The van der Waals surface area contributed by atoms with Crippen LogP contribution in [0, 0.1) is 20.8 Å². The van der Waals surface area contributed by atoms with E-state index >= 15 is 0 Å². The van der Waals surface area contributed by atoms with Gasteiger partial charge in [0.2, 0.25) is 0 Å². The van der Waals surface area contributed by atoms with Crippen LogP contribution in [-0.2, 0) is 0 Å². The van der Waals surface area contributed by atoms with Crippen molar-refractivity contribution in [1.29, 1.82) is 0 Å². The van der Waals surface area contributed by atoms with Crippen LogP contribution in [0.5, 0.6) is 0 Å². The number of aryl methyl sites for hydroxylation is 3. The van der Waals surface area contributed by atoms with Crippen molar-refractivity contribution in [3.63, 3.8) is 0 Å². The van der Waals surface area contributed by atoms with Crippen molar-refractivity contribution >= 4 is 22.7 Å². The molecule has 4 nitrogen and oxygen atoms in total. The summed E-state index contributed by atoms with van der Waals surface area (Å²) in [5.41, 5.74) is 6.09. The molecule has 1 N–H and O–H groups in total. The van der Waals surface area contributed by atoms with Gasteiger partial charge in [0.05, 0.1) is 0 Å². The fraction of sp³-hybridized carbons (Fsp3) is 0.176. The van der Waals surface area contributed by atoms with Crippen molar-refractivity contribution in [2.45, 2.75) is 20.8 Å². The molecule has 106 valence electrons. The maximum absolute atomic E-state index is 12.4. The summed E-state index contributed by atoms with van der Waals surface area (Å²) < 4.78 is 5.18. The number of amides is 1. The van der Waals surface area contributed by atoms with E-state index < -0.39 is 0 Å². The number of aromatic nitrogens is 1. The predicted molar refractivity (Wildman–Crippen MR) is 82.6 cm³/mol. The molecule has 0 saturated heterocycles. The Kier molecular flexibility index (Phi) is 3.22. The summed E-state index contributed by atoms with van der Waals surface area (Å²) >= 11 is 0. The van der Waals surface area contributed by atoms with Gasteiger partial charge in [0.25, 0.3) is 5.91 Å². The Morgan fingerprint density at radius 3 is 2.52 bits per heavy atom. The summed E-state index contributed by atoms with van der Waals surface area (Å²) in [6.07, 6.45) is 1.38. The van der Waals surface area contributed by atoms with Gasteiger partial charge < -0.3 is 9.73 Å². The summed E-state index contributed by atoms with van der Waals surface area (Å²) in [6, 6.07) is 9.34. The van der Waals surface area contributed by atoms with E-state index in [1.807, 2.05) is 20.8 Å². The van der Waals surface area contributed by atoms with Crippen LogP contribution in [0.25, 0.3) is 11.1 Å². The third-order valence-electron chi connectivity index (χ3n) is 3.51. The number of nitrogens with one attached hydrogen (secondary N) is 1. The Hall–Kier alpha value is -2.62. The van der Waals surface area contributed by atoms with Gasteiger partial charge in [-0.1, -0.05) is 17.7 Å². The third-order valence-corrected chi connectivity index (χ3v) is 3.51. The Bertz CT molecular complexity index is 811. The van der Waals surface area contributed by atoms with Gasteiger partial charge in [-0.25, -0.2) is 4.98 Å². The zero-order chi connectivity index (χ0) is 15.0. The molecule has 1 heterocycles. The van der Waals surface area contributed by atoms with Gasteiger partial charge in [0, 0.05) is 11.3 Å². The number of nitrogens with zero attached hydrogens (tertiary/aromatic N) is 1. The highest BCUT2D eigenvalue weighted by Gasteiger charge is 2.11. The van der Waals surface area contributed by atoms with Gasteiger partial charge in [-0.15, -0.1) is 0 Å². The number of carbonyl (C=O) groups excluding carboxylic acids is 1. The van der Waals surface area contributed by atoms with Crippen molar-refractivity contribution in [2.75, 3.05) is 5.32 Å². The van der Waals surface area contributed by atoms with E-state index in [1.54, 1.807) is 18.2 Å². The summed E-state index contributed by atoms with van der Waals surface area (Å²) in [7, 11) is 0. The Balaban J connectivity index is 1.92. The van der Waals surface area contributed by atoms with Crippen LogP contribution in [0.4, 0.5) is 5.69 Å². The number of fused-ring (bicyclic) bond motifs is 1. The lowest BCUT2D eigenvalue weighted by Crippen LogP contribution is -2.13. The highest BCUT2D eigenvalue weighted by Crippen LogP contribution is 2.23. The SMILES string of the molecule is Cc1cc(C)c(NC(=O)c2ccc3ocnc3c2)c(C)c1. The van der Waals surface area contributed by atoms with E-state index in [4.69, 9.17) is 4.42 Å². The standard InChI is InChI=1S/C17H16N2O2/c1-10-6-11(2)16(12(3)7-10)19-17(20)13-4-5-15-14(8-13)18-9-21-15/h4-9H,1-3H3,(H,19,20). The molecule has 0 atom stereocenters. The molecule has 1 aromatic heterocycles. The molecule has 0 unspecified atom stereocenters. The highest BCUT2D eigenvalue weighted by atomic mass is 16.3. The molecule has 3 aromatic rings. The van der Waals surface area contributed by atoms with Crippen LogP contribution < -0.4 is 5.32 Å². The maximum atomic E-state index is 12.4. The lowest BCUT2D eigenvalue weighted by Gasteiger charge is -2.12. The largest absolute Gasteiger partial charge is 0.443 e. The van der Waals surface area contributed by atoms with Crippen LogP contribution in [-0.4, -0.2) is 10.9 Å². The zero-order valence-corrected chi connectivity index (χ0v) is 12.2. The minimum Gasteiger partial charge on any atom is -0.443 e. The van der Waals surface area contributed by atoms with E-state index in [-0.39, 0.29) is 5.91 Å². The minimum atomic E-state index is -0.144. The van der Waals surface area contributed by atoms with Crippen LogP contribution in [0.1, 0.15) is 27.0 Å². The molecule has 1 amide bonds. The molecule has 0 aliphatic heterocycles. The van der Waals surface area contributed by atoms with E-state index in [0.717, 1.165) is 16.8 Å². The van der Waals surface area contributed by atoms with Gasteiger partial charge in [-0.05, 0) is 50.1 Å². The first kappa shape index (κ1) is 13.4. The fourth-order valence-corrected chi connectivity index (χ4v) is 2.56. The number of benzene rings is 2. The van der Waals surface area contributed by atoms with Gasteiger partial charge in [-0.3, -0.25) is 4.79 Å². The van der Waals surface area contributed by atoms with Gasteiger partial charge in [0.1, 0.15) is 5.52 Å². The van der Waals surface area contributed by atoms with Crippen LogP contribution >= 0.6 is 0 Å². The molecule has 21 heavy (non-hydrogen) atoms. The van der Waals surface area contributed by atoms with Crippen molar-refractivity contribution < 1.29 is 9.21 Å². The summed E-state index contributed by atoms with van der Waals surface area (Å²) in [6.45, 7) is 6.04. The van der Waals surface area contributed by atoms with Crippen molar-refractivity contribution in [1.82, 2.24) is 4.98 Å². The lowest BCUT2D eigenvalue weighted by molar-refractivity contribution is 0.102. The molecule has 0 aliphatic carbocycles. The number of hydrogen-bond donors (Lipinski definition) is 1. The van der Waals surface area contributed by atoms with Crippen LogP contribution in [0.3, 0.4) is 0 Å². The smallest absolute Gasteiger partial charge is 0.255 e. The average molecular weight is 280 g/mol. The number of hydrogen-bond acceptors (Lipinski definition) is 3. The minimum absolute atomic E-state index is 0.144. The molecule has 4 heteroatoms. The Morgan fingerprint density at radius 2 is 1.81 bits per heavy atom. The predicted octanol–water partition coefficient (Wildman–Crippen LogP) is 4.01.